The summed E-state index contributed by atoms with van der Waals surface area (Å²) in [6, 6.07) is 0.650. The van der Waals surface area contributed by atoms with Gasteiger partial charge in [0.15, 0.2) is 0 Å². The van der Waals surface area contributed by atoms with Crippen molar-refractivity contribution in [3.05, 3.63) is 0 Å². The number of nitrogens with zero attached hydrogens (tertiary/aromatic N) is 3. The second kappa shape index (κ2) is 6.22. The van der Waals surface area contributed by atoms with Crippen LogP contribution in [0.4, 0.5) is 0 Å². The van der Waals surface area contributed by atoms with Gasteiger partial charge >= 0.3 is 18.0 Å². The van der Waals surface area contributed by atoms with Crippen molar-refractivity contribution in [2.24, 2.45) is 0 Å². The van der Waals surface area contributed by atoms with Gasteiger partial charge in [0, 0.05) is 0 Å². The highest BCUT2D eigenvalue weighted by Crippen LogP contribution is 2.16. The molecule has 0 radical (unpaired) electrons. The molecule has 1 aromatic heterocycles. The molecule has 0 aliphatic heterocycles. The minimum atomic E-state index is -0.0150. The average Bonchev–Trinajstić information content (AvgIpc) is 2.14. The van der Waals surface area contributed by atoms with Crippen LogP contribution in [0.5, 0.6) is 18.0 Å². The molecule has 0 fully saturated rings. The number of rotatable bonds is 6. The van der Waals surface area contributed by atoms with Gasteiger partial charge in [-0.2, -0.15) is 0 Å². The largest absolute Gasteiger partial charge is 0.464 e. The fourth-order valence-corrected chi connectivity index (χ4v) is 1.04. The van der Waals surface area contributed by atoms with Crippen molar-refractivity contribution in [3.63, 3.8) is 0 Å². The predicted octanol–water partition coefficient (Wildman–Crippen LogP) is 1.84. The summed E-state index contributed by atoms with van der Waals surface area (Å²) in [5.41, 5.74) is 0. The van der Waals surface area contributed by atoms with E-state index >= 15 is 0 Å². The summed E-state index contributed by atoms with van der Waals surface area (Å²) in [6.07, 6.45) is -0.0300. The van der Waals surface area contributed by atoms with Crippen molar-refractivity contribution in [3.8, 4) is 18.0 Å². The van der Waals surface area contributed by atoms with E-state index in [1.54, 1.807) is 0 Å². The maximum Gasteiger partial charge on any atom is 0.326 e. The van der Waals surface area contributed by atoms with Gasteiger partial charge in [-0.3, -0.25) is 0 Å². The Bertz CT molecular complexity index is 328. The molecule has 0 bridgehead atoms. The van der Waals surface area contributed by atoms with Crippen molar-refractivity contribution < 1.29 is 14.2 Å². The third-order valence-electron chi connectivity index (χ3n) is 1.53. The molecule has 0 saturated carbocycles. The average molecular weight is 241 g/mol. The molecule has 0 saturated heterocycles. The number of hydrogen-bond donors (Lipinski definition) is 0. The lowest BCUT2D eigenvalue weighted by molar-refractivity contribution is 0.187. The van der Waals surface area contributed by atoms with Crippen LogP contribution in [0.25, 0.3) is 0 Å². The fourth-order valence-electron chi connectivity index (χ4n) is 1.04. The van der Waals surface area contributed by atoms with Gasteiger partial charge in [0.2, 0.25) is 0 Å². The third-order valence-corrected chi connectivity index (χ3v) is 1.53. The topological polar surface area (TPSA) is 66.4 Å². The Labute approximate surface area is 101 Å². The summed E-state index contributed by atoms with van der Waals surface area (Å²) in [5, 5.41) is 0. The quantitative estimate of drug-likeness (QED) is 0.757. The van der Waals surface area contributed by atoms with Gasteiger partial charge in [0.25, 0.3) is 0 Å². The van der Waals surface area contributed by atoms with E-state index in [2.05, 4.69) is 15.0 Å². The van der Waals surface area contributed by atoms with Gasteiger partial charge in [0.1, 0.15) is 0 Å². The van der Waals surface area contributed by atoms with E-state index in [1.165, 1.54) is 0 Å². The first-order chi connectivity index (χ1) is 8.01. The molecule has 0 aliphatic rings. The van der Waals surface area contributed by atoms with Gasteiger partial charge < -0.3 is 14.2 Å². The molecular weight excluding hydrogens is 222 g/mol. The van der Waals surface area contributed by atoms with E-state index in [4.69, 9.17) is 14.2 Å². The number of hydrogen-bond acceptors (Lipinski definition) is 6. The number of aromatic nitrogens is 3. The van der Waals surface area contributed by atoms with Crippen LogP contribution >= 0.6 is 0 Å². The van der Waals surface area contributed by atoms with Crippen LogP contribution in [-0.4, -0.2) is 33.8 Å². The molecular formula is C11H19N3O3. The Kier molecular flexibility index (Phi) is 4.93. The van der Waals surface area contributed by atoms with E-state index in [0.29, 0.717) is 6.61 Å². The van der Waals surface area contributed by atoms with Crippen LogP contribution in [0, 0.1) is 0 Å². The van der Waals surface area contributed by atoms with Crippen LogP contribution in [0.15, 0.2) is 0 Å². The highest BCUT2D eigenvalue weighted by Gasteiger charge is 2.11. The SMILES string of the molecule is CCOc1nc(OC(C)C)nc(OC(C)C)n1. The fraction of sp³-hybridized carbons (Fsp3) is 0.727. The van der Waals surface area contributed by atoms with Crippen LogP contribution in [0.3, 0.4) is 0 Å². The second-order valence-electron chi connectivity index (χ2n) is 3.95. The van der Waals surface area contributed by atoms with Crippen molar-refractivity contribution in [1.29, 1.82) is 0 Å². The molecule has 0 amide bonds. The van der Waals surface area contributed by atoms with Crippen molar-refractivity contribution in [1.82, 2.24) is 15.0 Å². The summed E-state index contributed by atoms with van der Waals surface area (Å²) in [4.78, 5) is 12.1. The lowest BCUT2D eigenvalue weighted by Gasteiger charge is -2.12. The molecule has 1 heterocycles. The standard InChI is InChI=1S/C11H19N3O3/c1-6-15-9-12-10(16-7(2)3)14-11(13-9)17-8(4)5/h7-8H,6H2,1-5H3. The smallest absolute Gasteiger partial charge is 0.326 e. The maximum atomic E-state index is 5.40. The molecule has 96 valence electrons. The van der Waals surface area contributed by atoms with Gasteiger partial charge in [-0.25, -0.2) is 0 Å². The zero-order valence-electron chi connectivity index (χ0n) is 10.9. The molecule has 1 aromatic rings. The molecule has 6 heteroatoms. The summed E-state index contributed by atoms with van der Waals surface area (Å²) >= 11 is 0. The minimum absolute atomic E-state index is 0.0150. The Balaban J connectivity index is 2.91. The van der Waals surface area contributed by atoms with Crippen LogP contribution < -0.4 is 14.2 Å². The van der Waals surface area contributed by atoms with Crippen LogP contribution in [0.1, 0.15) is 34.6 Å². The highest BCUT2D eigenvalue weighted by atomic mass is 16.5. The number of ether oxygens (including phenoxy) is 3. The van der Waals surface area contributed by atoms with Gasteiger partial charge in [-0.05, 0) is 34.6 Å². The van der Waals surface area contributed by atoms with E-state index in [1.807, 2.05) is 34.6 Å². The first kappa shape index (κ1) is 13.5. The Hall–Kier alpha value is -1.59. The van der Waals surface area contributed by atoms with Crippen molar-refractivity contribution in [2.75, 3.05) is 6.61 Å². The Morgan fingerprint density at radius 1 is 0.824 bits per heavy atom. The molecule has 0 aromatic carbocycles. The lowest BCUT2D eigenvalue weighted by atomic mass is 10.5. The van der Waals surface area contributed by atoms with Crippen molar-refractivity contribution in [2.45, 2.75) is 46.8 Å². The van der Waals surface area contributed by atoms with Crippen LogP contribution in [-0.2, 0) is 0 Å². The molecule has 0 spiro atoms. The Morgan fingerprint density at radius 2 is 1.24 bits per heavy atom. The predicted molar refractivity (Wildman–Crippen MR) is 62.5 cm³/mol. The van der Waals surface area contributed by atoms with Gasteiger partial charge in [0.05, 0.1) is 18.8 Å². The molecule has 17 heavy (non-hydrogen) atoms. The lowest BCUT2D eigenvalue weighted by Crippen LogP contribution is -2.13. The highest BCUT2D eigenvalue weighted by molar-refractivity contribution is 5.09. The zero-order chi connectivity index (χ0) is 12.8. The summed E-state index contributed by atoms with van der Waals surface area (Å²) in [5.74, 6) is 0. The molecule has 0 unspecified atom stereocenters. The minimum Gasteiger partial charge on any atom is -0.464 e. The van der Waals surface area contributed by atoms with E-state index in [-0.39, 0.29) is 30.2 Å². The van der Waals surface area contributed by atoms with E-state index in [9.17, 15) is 0 Å². The maximum absolute atomic E-state index is 5.40. The van der Waals surface area contributed by atoms with E-state index in [0.717, 1.165) is 0 Å². The summed E-state index contributed by atoms with van der Waals surface area (Å²) in [7, 11) is 0. The van der Waals surface area contributed by atoms with Gasteiger partial charge in [-0.1, -0.05) is 0 Å². The first-order valence-corrected chi connectivity index (χ1v) is 5.73. The molecule has 0 atom stereocenters. The zero-order valence-corrected chi connectivity index (χ0v) is 10.9. The molecule has 0 aliphatic carbocycles. The summed E-state index contributed by atoms with van der Waals surface area (Å²) < 4.78 is 16.0. The molecule has 0 N–H and O–H groups in total. The second-order valence-corrected chi connectivity index (χ2v) is 3.95. The third kappa shape index (κ3) is 4.84. The monoisotopic (exact) mass is 241 g/mol. The first-order valence-electron chi connectivity index (χ1n) is 5.73. The summed E-state index contributed by atoms with van der Waals surface area (Å²) in [6.45, 7) is 9.92. The van der Waals surface area contributed by atoms with E-state index < -0.39 is 0 Å². The van der Waals surface area contributed by atoms with Crippen LogP contribution in [0.2, 0.25) is 0 Å². The normalized spacial score (nSPS) is 10.8. The van der Waals surface area contributed by atoms with Gasteiger partial charge in [-0.15, -0.1) is 15.0 Å². The van der Waals surface area contributed by atoms with Crippen molar-refractivity contribution >= 4 is 0 Å². The molecule has 1 rings (SSSR count). The molecule has 6 nitrogen and oxygen atoms in total. The Morgan fingerprint density at radius 3 is 1.59 bits per heavy atom.